The minimum Gasteiger partial charge on any atom is -0.352 e. The SMILES string of the molecule is CCNC(=O)c1c(Br)ccc(C(F)(F)F)c1F. The zero-order valence-electron chi connectivity index (χ0n) is 8.66. The average molecular weight is 314 g/mol. The maximum atomic E-state index is 13.6. The van der Waals surface area contributed by atoms with Crippen LogP contribution >= 0.6 is 15.9 Å². The van der Waals surface area contributed by atoms with Crippen LogP contribution in [0.2, 0.25) is 0 Å². The van der Waals surface area contributed by atoms with Crippen LogP contribution in [-0.4, -0.2) is 12.5 Å². The van der Waals surface area contributed by atoms with Crippen LogP contribution in [-0.2, 0) is 6.18 Å². The van der Waals surface area contributed by atoms with Gasteiger partial charge in [-0.3, -0.25) is 4.79 Å². The molecule has 7 heteroatoms. The van der Waals surface area contributed by atoms with E-state index in [2.05, 4.69) is 21.2 Å². The number of alkyl halides is 3. The molecule has 0 heterocycles. The Hall–Kier alpha value is -1.11. The van der Waals surface area contributed by atoms with Crippen LogP contribution in [0.3, 0.4) is 0 Å². The summed E-state index contributed by atoms with van der Waals surface area (Å²) in [5.74, 6) is -2.46. The molecular weight excluding hydrogens is 306 g/mol. The summed E-state index contributed by atoms with van der Waals surface area (Å²) in [4.78, 5) is 11.4. The normalized spacial score (nSPS) is 11.4. The van der Waals surface area contributed by atoms with Crippen molar-refractivity contribution < 1.29 is 22.4 Å². The largest absolute Gasteiger partial charge is 0.419 e. The number of carbonyl (C=O) groups is 1. The Morgan fingerprint density at radius 2 is 2.00 bits per heavy atom. The Morgan fingerprint density at radius 1 is 1.41 bits per heavy atom. The van der Waals surface area contributed by atoms with E-state index in [1.807, 2.05) is 0 Å². The van der Waals surface area contributed by atoms with Gasteiger partial charge in [0.25, 0.3) is 5.91 Å². The van der Waals surface area contributed by atoms with E-state index >= 15 is 0 Å². The number of amides is 1. The van der Waals surface area contributed by atoms with Crippen molar-refractivity contribution in [1.29, 1.82) is 0 Å². The molecule has 1 aromatic carbocycles. The zero-order valence-corrected chi connectivity index (χ0v) is 10.2. The van der Waals surface area contributed by atoms with Crippen LogP contribution in [0.25, 0.3) is 0 Å². The molecule has 0 atom stereocenters. The number of halogens is 5. The van der Waals surface area contributed by atoms with E-state index in [1.165, 1.54) is 0 Å². The number of hydrogen-bond acceptors (Lipinski definition) is 1. The van der Waals surface area contributed by atoms with Crippen molar-refractivity contribution in [2.24, 2.45) is 0 Å². The number of hydrogen-bond donors (Lipinski definition) is 1. The van der Waals surface area contributed by atoms with Gasteiger partial charge in [0.2, 0.25) is 0 Å². The highest BCUT2D eigenvalue weighted by Gasteiger charge is 2.36. The van der Waals surface area contributed by atoms with Crippen LogP contribution < -0.4 is 5.32 Å². The second kappa shape index (κ2) is 5.03. The van der Waals surface area contributed by atoms with Gasteiger partial charge in [-0.15, -0.1) is 0 Å². The van der Waals surface area contributed by atoms with E-state index in [0.29, 0.717) is 6.07 Å². The van der Waals surface area contributed by atoms with Crippen molar-refractivity contribution in [3.63, 3.8) is 0 Å². The highest BCUT2D eigenvalue weighted by atomic mass is 79.9. The van der Waals surface area contributed by atoms with Gasteiger partial charge in [0.1, 0.15) is 5.82 Å². The monoisotopic (exact) mass is 313 g/mol. The van der Waals surface area contributed by atoms with Crippen molar-refractivity contribution in [2.45, 2.75) is 13.1 Å². The fourth-order valence-electron chi connectivity index (χ4n) is 1.23. The third-order valence-corrected chi connectivity index (χ3v) is 2.62. The summed E-state index contributed by atoms with van der Waals surface area (Å²) >= 11 is 2.85. The third-order valence-electron chi connectivity index (χ3n) is 1.96. The van der Waals surface area contributed by atoms with Gasteiger partial charge in [-0.05, 0) is 35.0 Å². The molecule has 1 aromatic rings. The van der Waals surface area contributed by atoms with Gasteiger partial charge < -0.3 is 5.32 Å². The number of rotatable bonds is 2. The van der Waals surface area contributed by atoms with Gasteiger partial charge in [0, 0.05) is 11.0 Å². The third kappa shape index (κ3) is 2.96. The van der Waals surface area contributed by atoms with E-state index in [9.17, 15) is 22.4 Å². The maximum Gasteiger partial charge on any atom is 0.419 e. The topological polar surface area (TPSA) is 29.1 Å². The van der Waals surface area contributed by atoms with E-state index in [1.54, 1.807) is 6.92 Å². The Kier molecular flexibility index (Phi) is 4.13. The molecule has 0 aliphatic carbocycles. The van der Waals surface area contributed by atoms with Gasteiger partial charge in [0.05, 0.1) is 11.1 Å². The second-order valence-electron chi connectivity index (χ2n) is 3.14. The fraction of sp³-hybridized carbons (Fsp3) is 0.300. The first kappa shape index (κ1) is 14.0. The van der Waals surface area contributed by atoms with E-state index < -0.39 is 29.0 Å². The molecule has 17 heavy (non-hydrogen) atoms. The van der Waals surface area contributed by atoms with Gasteiger partial charge >= 0.3 is 6.18 Å². The minimum absolute atomic E-state index is 0.0195. The highest BCUT2D eigenvalue weighted by Crippen LogP contribution is 2.34. The predicted octanol–water partition coefficient (Wildman–Crippen LogP) is 3.36. The quantitative estimate of drug-likeness (QED) is 0.833. The first-order valence-electron chi connectivity index (χ1n) is 4.62. The first-order chi connectivity index (χ1) is 7.79. The lowest BCUT2D eigenvalue weighted by atomic mass is 10.1. The van der Waals surface area contributed by atoms with Gasteiger partial charge in [-0.25, -0.2) is 4.39 Å². The smallest absolute Gasteiger partial charge is 0.352 e. The molecule has 0 aromatic heterocycles. The van der Waals surface area contributed by atoms with Crippen LogP contribution in [0.5, 0.6) is 0 Å². The van der Waals surface area contributed by atoms with Crippen LogP contribution in [0.1, 0.15) is 22.8 Å². The lowest BCUT2D eigenvalue weighted by Crippen LogP contribution is -2.25. The zero-order chi connectivity index (χ0) is 13.2. The Balaban J connectivity index is 3.35. The summed E-state index contributed by atoms with van der Waals surface area (Å²) in [5, 5.41) is 2.25. The van der Waals surface area contributed by atoms with Crippen molar-refractivity contribution in [2.75, 3.05) is 6.54 Å². The summed E-state index contributed by atoms with van der Waals surface area (Å²) in [7, 11) is 0. The Labute approximate surface area is 103 Å². The molecule has 2 nitrogen and oxygen atoms in total. The molecule has 1 N–H and O–H groups in total. The number of nitrogens with one attached hydrogen (secondary N) is 1. The van der Waals surface area contributed by atoms with Crippen LogP contribution in [0.15, 0.2) is 16.6 Å². The molecule has 0 unspecified atom stereocenters. The molecule has 0 aliphatic rings. The summed E-state index contributed by atoms with van der Waals surface area (Å²) < 4.78 is 50.8. The second-order valence-corrected chi connectivity index (χ2v) is 4.00. The van der Waals surface area contributed by atoms with Gasteiger partial charge in [-0.1, -0.05) is 0 Å². The number of carbonyl (C=O) groups excluding carboxylic acids is 1. The van der Waals surface area contributed by atoms with Gasteiger partial charge in [-0.2, -0.15) is 13.2 Å². The Morgan fingerprint density at radius 3 is 2.47 bits per heavy atom. The molecular formula is C10H8BrF4NO. The molecule has 1 amide bonds. The standard InChI is InChI=1S/C10H8BrF4NO/c1-2-16-9(17)7-6(11)4-3-5(8(7)12)10(13,14)15/h3-4H,2H2,1H3,(H,16,17). The maximum absolute atomic E-state index is 13.6. The molecule has 94 valence electrons. The fourth-order valence-corrected chi connectivity index (χ4v) is 1.71. The lowest BCUT2D eigenvalue weighted by Gasteiger charge is -2.12. The summed E-state index contributed by atoms with van der Waals surface area (Å²) in [5.41, 5.74) is -2.09. The van der Waals surface area contributed by atoms with Crippen molar-refractivity contribution in [3.8, 4) is 0 Å². The minimum atomic E-state index is -4.83. The predicted molar refractivity (Wildman–Crippen MR) is 57.1 cm³/mol. The molecule has 1 rings (SSSR count). The molecule has 0 spiro atoms. The molecule has 0 saturated carbocycles. The average Bonchev–Trinajstić information content (AvgIpc) is 2.15. The molecule has 0 aliphatic heterocycles. The van der Waals surface area contributed by atoms with E-state index in [-0.39, 0.29) is 11.0 Å². The summed E-state index contributed by atoms with van der Waals surface area (Å²) in [6, 6.07) is 1.58. The number of benzene rings is 1. The van der Waals surface area contributed by atoms with Crippen molar-refractivity contribution >= 4 is 21.8 Å². The van der Waals surface area contributed by atoms with Gasteiger partial charge in [0.15, 0.2) is 0 Å². The highest BCUT2D eigenvalue weighted by molar-refractivity contribution is 9.10. The van der Waals surface area contributed by atoms with Crippen LogP contribution in [0, 0.1) is 5.82 Å². The molecule has 0 fully saturated rings. The molecule has 0 bridgehead atoms. The van der Waals surface area contributed by atoms with Crippen LogP contribution in [0.4, 0.5) is 17.6 Å². The lowest BCUT2D eigenvalue weighted by molar-refractivity contribution is -0.140. The van der Waals surface area contributed by atoms with Crippen molar-refractivity contribution in [3.05, 3.63) is 33.5 Å². The first-order valence-corrected chi connectivity index (χ1v) is 5.41. The molecule has 0 saturated heterocycles. The Bertz CT molecular complexity index is 445. The van der Waals surface area contributed by atoms with E-state index in [4.69, 9.17) is 0 Å². The summed E-state index contributed by atoms with van der Waals surface area (Å²) in [6.07, 6.45) is -4.83. The molecule has 0 radical (unpaired) electrons. The summed E-state index contributed by atoms with van der Waals surface area (Å²) in [6.45, 7) is 1.78. The van der Waals surface area contributed by atoms with E-state index in [0.717, 1.165) is 6.07 Å². The van der Waals surface area contributed by atoms with Crippen molar-refractivity contribution in [1.82, 2.24) is 5.32 Å².